The number of carboxylic acid groups (broad SMARTS) is 1. The number of hydrogen-bond donors (Lipinski definition) is 1. The molecule has 4 aromatic rings. The van der Waals surface area contributed by atoms with Crippen molar-refractivity contribution in [1.82, 2.24) is 19.4 Å². The highest BCUT2D eigenvalue weighted by molar-refractivity contribution is 5.84. The fraction of sp³-hybridized carbons (Fsp3) is 0.343. The van der Waals surface area contributed by atoms with E-state index in [1.165, 1.54) is 6.07 Å². The summed E-state index contributed by atoms with van der Waals surface area (Å²) in [6, 6.07) is 15.0. The van der Waals surface area contributed by atoms with Crippen LogP contribution in [0.3, 0.4) is 0 Å². The Labute approximate surface area is 256 Å². The van der Waals surface area contributed by atoms with Crippen LogP contribution in [0.4, 0.5) is 4.39 Å². The molecule has 4 heterocycles. The molecule has 228 valence electrons. The van der Waals surface area contributed by atoms with Crippen LogP contribution in [0.1, 0.15) is 72.1 Å². The highest BCUT2D eigenvalue weighted by Crippen LogP contribution is 2.49. The molecule has 2 aliphatic rings. The summed E-state index contributed by atoms with van der Waals surface area (Å²) in [6.07, 6.45) is 8.94. The number of pyridine rings is 1. The van der Waals surface area contributed by atoms with Crippen molar-refractivity contribution in [2.75, 3.05) is 13.1 Å². The van der Waals surface area contributed by atoms with Crippen molar-refractivity contribution >= 4 is 12.0 Å². The molecule has 44 heavy (non-hydrogen) atoms. The molecule has 1 saturated heterocycles. The Morgan fingerprint density at radius 1 is 1.11 bits per heavy atom. The van der Waals surface area contributed by atoms with E-state index in [1.807, 2.05) is 31.2 Å². The molecule has 2 aromatic carbocycles. The number of aryl methyl sites for hydroxylation is 2. The Morgan fingerprint density at radius 2 is 1.93 bits per heavy atom. The van der Waals surface area contributed by atoms with Gasteiger partial charge < -0.3 is 19.1 Å². The van der Waals surface area contributed by atoms with Gasteiger partial charge in [-0.2, -0.15) is 0 Å². The van der Waals surface area contributed by atoms with Crippen molar-refractivity contribution in [3.8, 4) is 11.5 Å². The number of fused-ring (bicyclic) bond motifs is 1. The monoisotopic (exact) mass is 596 g/mol. The molecular formula is C35H37FN4O4. The highest BCUT2D eigenvalue weighted by Gasteiger charge is 2.42. The van der Waals surface area contributed by atoms with Gasteiger partial charge in [0.1, 0.15) is 11.6 Å². The minimum Gasteiger partial charge on any atom is -0.478 e. The van der Waals surface area contributed by atoms with Crippen LogP contribution in [0.15, 0.2) is 67.0 Å². The minimum atomic E-state index is -1.23. The summed E-state index contributed by atoms with van der Waals surface area (Å²) in [5, 5.41) is 9.22. The second kappa shape index (κ2) is 12.2. The van der Waals surface area contributed by atoms with Gasteiger partial charge in [-0.05, 0) is 86.7 Å². The second-order valence-corrected chi connectivity index (χ2v) is 11.7. The molecule has 0 bridgehead atoms. The lowest BCUT2D eigenvalue weighted by atomic mass is 9.88. The Balaban J connectivity index is 1.17. The number of ether oxygens (including phenoxy) is 2. The summed E-state index contributed by atoms with van der Waals surface area (Å²) >= 11 is 0. The zero-order valence-corrected chi connectivity index (χ0v) is 25.3. The Kier molecular flexibility index (Phi) is 8.23. The van der Waals surface area contributed by atoms with Gasteiger partial charge in [0.05, 0.1) is 30.5 Å². The van der Waals surface area contributed by atoms with Crippen LogP contribution in [-0.2, 0) is 30.1 Å². The molecule has 9 heteroatoms. The first-order valence-electron chi connectivity index (χ1n) is 15.1. The van der Waals surface area contributed by atoms with E-state index in [2.05, 4.69) is 33.5 Å². The summed E-state index contributed by atoms with van der Waals surface area (Å²) < 4.78 is 29.6. The molecular weight excluding hydrogens is 559 g/mol. The molecule has 1 fully saturated rings. The molecule has 1 atom stereocenters. The number of carboxylic acids is 1. The van der Waals surface area contributed by atoms with Gasteiger partial charge in [-0.25, -0.2) is 14.2 Å². The van der Waals surface area contributed by atoms with Crippen LogP contribution in [0.25, 0.3) is 6.08 Å². The number of hydrogen-bond acceptors (Lipinski definition) is 6. The molecule has 0 saturated carbocycles. The predicted octanol–water partition coefficient (Wildman–Crippen LogP) is 6.46. The third-order valence-electron chi connectivity index (χ3n) is 8.63. The lowest BCUT2D eigenvalue weighted by Crippen LogP contribution is -2.34. The van der Waals surface area contributed by atoms with Crippen molar-refractivity contribution in [2.24, 2.45) is 0 Å². The maximum Gasteiger partial charge on any atom is 0.328 e. The number of benzene rings is 2. The number of imidazole rings is 1. The van der Waals surface area contributed by atoms with E-state index in [4.69, 9.17) is 14.5 Å². The third kappa shape index (κ3) is 5.97. The summed E-state index contributed by atoms with van der Waals surface area (Å²) in [5.41, 5.74) is 5.17. The van der Waals surface area contributed by atoms with E-state index in [-0.39, 0.29) is 11.7 Å². The number of aliphatic carboxylic acids is 1. The first kappa shape index (κ1) is 29.6. The number of piperidine rings is 1. The summed E-state index contributed by atoms with van der Waals surface area (Å²) in [6.45, 7) is 8.64. The van der Waals surface area contributed by atoms with Crippen LogP contribution in [0, 0.1) is 12.7 Å². The molecule has 6 rings (SSSR count). The van der Waals surface area contributed by atoms with Gasteiger partial charge >= 0.3 is 5.97 Å². The molecule has 1 unspecified atom stereocenters. The number of rotatable bonds is 9. The Morgan fingerprint density at radius 3 is 2.68 bits per heavy atom. The first-order valence-corrected chi connectivity index (χ1v) is 15.1. The van der Waals surface area contributed by atoms with Gasteiger partial charge in [0.25, 0.3) is 5.79 Å². The van der Waals surface area contributed by atoms with Crippen LogP contribution < -0.4 is 9.47 Å². The smallest absolute Gasteiger partial charge is 0.328 e. The van der Waals surface area contributed by atoms with Gasteiger partial charge in [-0.1, -0.05) is 31.2 Å². The normalized spacial score (nSPS) is 18.7. The molecule has 0 amide bonds. The standard InChI is InChI=1S/C35H37FN4O4/c1-4-30-25(7-6-16-37-30)21-40-26(11-13-33(41)42)20-38-32(40)22-39-17-14-24(15-18-39)27-8-5-9-31-34(27)44-35(3,43-31)28-12-10-23(2)19-29(28)36/h5-13,16,19-20,24H,4,14-15,17-18,21-22H2,1-3H3,(H,41,42)/b13-11+. The van der Waals surface area contributed by atoms with Crippen LogP contribution in [0.2, 0.25) is 0 Å². The number of aromatic nitrogens is 3. The lowest BCUT2D eigenvalue weighted by Gasteiger charge is -2.32. The van der Waals surface area contributed by atoms with Gasteiger partial charge in [0, 0.05) is 30.5 Å². The van der Waals surface area contributed by atoms with E-state index < -0.39 is 11.8 Å². The third-order valence-corrected chi connectivity index (χ3v) is 8.63. The SMILES string of the molecule is CCc1ncccc1Cn1c(/C=C/C(=O)O)cnc1CN1CCC(c2cccc3c2OC(C)(c2ccc(C)cc2F)O3)CC1. The van der Waals surface area contributed by atoms with Gasteiger partial charge in [0.2, 0.25) is 0 Å². The number of halogens is 1. The van der Waals surface area contributed by atoms with E-state index in [0.29, 0.717) is 30.2 Å². The van der Waals surface area contributed by atoms with Crippen molar-refractivity contribution in [2.45, 2.75) is 64.8 Å². The predicted molar refractivity (Wildman–Crippen MR) is 165 cm³/mol. The van der Waals surface area contributed by atoms with Crippen molar-refractivity contribution in [3.63, 3.8) is 0 Å². The Hall–Kier alpha value is -4.50. The highest BCUT2D eigenvalue weighted by atomic mass is 19.1. The minimum absolute atomic E-state index is 0.270. The van der Waals surface area contributed by atoms with Crippen molar-refractivity contribution < 1.29 is 23.8 Å². The zero-order chi connectivity index (χ0) is 30.8. The topological polar surface area (TPSA) is 89.7 Å². The fourth-order valence-corrected chi connectivity index (χ4v) is 6.30. The number of likely N-dealkylation sites (tertiary alicyclic amines) is 1. The van der Waals surface area contributed by atoms with E-state index in [9.17, 15) is 14.3 Å². The second-order valence-electron chi connectivity index (χ2n) is 11.7. The number of para-hydroxylation sites is 1. The lowest BCUT2D eigenvalue weighted by molar-refractivity contribution is -0.131. The maximum atomic E-state index is 14.9. The van der Waals surface area contributed by atoms with Crippen LogP contribution in [-0.4, -0.2) is 43.6 Å². The summed E-state index contributed by atoms with van der Waals surface area (Å²) in [7, 11) is 0. The quantitative estimate of drug-likeness (QED) is 0.222. The molecule has 0 radical (unpaired) electrons. The van der Waals surface area contributed by atoms with Crippen molar-refractivity contribution in [3.05, 3.63) is 112 Å². The van der Waals surface area contributed by atoms with E-state index in [0.717, 1.165) is 72.3 Å². The molecule has 1 N–H and O–H groups in total. The fourth-order valence-electron chi connectivity index (χ4n) is 6.30. The molecule has 0 aliphatic carbocycles. The average Bonchev–Trinajstić information content (AvgIpc) is 3.56. The van der Waals surface area contributed by atoms with E-state index in [1.54, 1.807) is 31.5 Å². The summed E-state index contributed by atoms with van der Waals surface area (Å²) in [4.78, 5) is 22.9. The summed E-state index contributed by atoms with van der Waals surface area (Å²) in [5.74, 6) is -0.0842. The van der Waals surface area contributed by atoms with E-state index >= 15 is 0 Å². The molecule has 0 spiro atoms. The molecule has 2 aliphatic heterocycles. The number of nitrogens with zero attached hydrogens (tertiary/aromatic N) is 4. The van der Waals surface area contributed by atoms with Crippen LogP contribution >= 0.6 is 0 Å². The maximum absolute atomic E-state index is 14.9. The molecule has 2 aromatic heterocycles. The van der Waals surface area contributed by atoms with Gasteiger partial charge in [-0.3, -0.25) is 9.88 Å². The zero-order valence-electron chi connectivity index (χ0n) is 25.3. The van der Waals surface area contributed by atoms with Gasteiger partial charge in [0.15, 0.2) is 11.5 Å². The number of carbonyl (C=O) groups is 1. The van der Waals surface area contributed by atoms with Crippen LogP contribution in [0.5, 0.6) is 11.5 Å². The Bertz CT molecular complexity index is 1710. The first-order chi connectivity index (χ1) is 21.2. The molecule has 8 nitrogen and oxygen atoms in total. The largest absolute Gasteiger partial charge is 0.478 e. The van der Waals surface area contributed by atoms with Crippen molar-refractivity contribution in [1.29, 1.82) is 0 Å². The van der Waals surface area contributed by atoms with Gasteiger partial charge in [-0.15, -0.1) is 0 Å². The average molecular weight is 597 g/mol.